The number of carbonyl (C=O) groups is 1. The summed E-state index contributed by atoms with van der Waals surface area (Å²) in [6, 6.07) is 12.7. The molecule has 2 aromatic rings. The third-order valence-corrected chi connectivity index (χ3v) is 5.83. The largest absolute Gasteiger partial charge is 0.487 e. The standard InChI is InChI=1S/C21H23NO4S/c1-4-14(2)21(23)22-13-17-12-16-6-5-7-19(20(16)26-17)15-8-10-18(11-9-15)27(3,24)25/h4-11,17H,12-13H2,1-3H3,(H,22,23)/b14-4+/t17-/m0/s1. The fourth-order valence-electron chi connectivity index (χ4n) is 3.04. The normalized spacial score (nSPS) is 16.6. The van der Waals surface area contributed by atoms with Crippen LogP contribution >= 0.6 is 0 Å². The van der Waals surface area contributed by atoms with Gasteiger partial charge in [-0.1, -0.05) is 36.4 Å². The van der Waals surface area contributed by atoms with Gasteiger partial charge in [-0.05, 0) is 37.1 Å². The van der Waals surface area contributed by atoms with Crippen LogP contribution in [-0.2, 0) is 21.1 Å². The van der Waals surface area contributed by atoms with E-state index >= 15 is 0 Å². The number of nitrogens with one attached hydrogen (secondary N) is 1. The van der Waals surface area contributed by atoms with Gasteiger partial charge in [-0.3, -0.25) is 4.79 Å². The molecule has 0 radical (unpaired) electrons. The van der Waals surface area contributed by atoms with Gasteiger partial charge in [0.2, 0.25) is 5.91 Å². The van der Waals surface area contributed by atoms with Crippen molar-refractivity contribution in [3.8, 4) is 16.9 Å². The van der Waals surface area contributed by atoms with Crippen LogP contribution < -0.4 is 10.1 Å². The Morgan fingerprint density at radius 2 is 1.93 bits per heavy atom. The molecule has 3 rings (SSSR count). The van der Waals surface area contributed by atoms with Gasteiger partial charge in [0.15, 0.2) is 9.84 Å². The first-order valence-corrected chi connectivity index (χ1v) is 10.7. The van der Waals surface area contributed by atoms with Gasteiger partial charge in [-0.25, -0.2) is 8.42 Å². The number of rotatable bonds is 5. The zero-order valence-electron chi connectivity index (χ0n) is 15.7. The highest BCUT2D eigenvalue weighted by molar-refractivity contribution is 7.90. The zero-order valence-corrected chi connectivity index (χ0v) is 16.5. The number of amides is 1. The maximum Gasteiger partial charge on any atom is 0.246 e. The average molecular weight is 385 g/mol. The molecule has 5 nitrogen and oxygen atoms in total. The Kier molecular flexibility index (Phi) is 5.37. The molecule has 1 heterocycles. The van der Waals surface area contributed by atoms with Gasteiger partial charge < -0.3 is 10.1 Å². The molecule has 0 aliphatic carbocycles. The molecule has 1 amide bonds. The lowest BCUT2D eigenvalue weighted by molar-refractivity contribution is -0.117. The number of hydrogen-bond donors (Lipinski definition) is 1. The summed E-state index contributed by atoms with van der Waals surface area (Å²) in [7, 11) is -3.22. The molecule has 6 heteroatoms. The molecule has 1 N–H and O–H groups in total. The maximum atomic E-state index is 11.9. The van der Waals surface area contributed by atoms with Crippen LogP contribution in [0.15, 0.2) is 59.0 Å². The van der Waals surface area contributed by atoms with Gasteiger partial charge in [0.25, 0.3) is 0 Å². The Labute approximate surface area is 160 Å². The van der Waals surface area contributed by atoms with Crippen LogP contribution in [0.3, 0.4) is 0 Å². The molecule has 27 heavy (non-hydrogen) atoms. The second-order valence-corrected chi connectivity index (χ2v) is 8.73. The quantitative estimate of drug-likeness (QED) is 0.803. The molecule has 0 bridgehead atoms. The van der Waals surface area contributed by atoms with Crippen LogP contribution in [0, 0.1) is 0 Å². The highest BCUT2D eigenvalue weighted by Crippen LogP contribution is 2.38. The zero-order chi connectivity index (χ0) is 19.6. The maximum absolute atomic E-state index is 11.9. The first-order valence-electron chi connectivity index (χ1n) is 8.79. The first-order chi connectivity index (χ1) is 12.8. The lowest BCUT2D eigenvalue weighted by Crippen LogP contribution is -2.34. The Balaban J connectivity index is 1.78. The third kappa shape index (κ3) is 4.22. The summed E-state index contributed by atoms with van der Waals surface area (Å²) >= 11 is 0. The van der Waals surface area contributed by atoms with Gasteiger partial charge >= 0.3 is 0 Å². The molecular formula is C21H23NO4S. The summed E-state index contributed by atoms with van der Waals surface area (Å²) in [5.41, 5.74) is 3.58. The van der Waals surface area contributed by atoms with E-state index in [0.717, 1.165) is 28.9 Å². The van der Waals surface area contributed by atoms with Crippen molar-refractivity contribution in [1.29, 1.82) is 0 Å². The van der Waals surface area contributed by atoms with Crippen LogP contribution in [-0.4, -0.2) is 33.2 Å². The van der Waals surface area contributed by atoms with E-state index in [-0.39, 0.29) is 12.0 Å². The van der Waals surface area contributed by atoms with Crippen molar-refractivity contribution in [3.63, 3.8) is 0 Å². The van der Waals surface area contributed by atoms with E-state index in [1.165, 1.54) is 6.26 Å². The van der Waals surface area contributed by atoms with Crippen molar-refractivity contribution in [2.24, 2.45) is 0 Å². The van der Waals surface area contributed by atoms with E-state index < -0.39 is 9.84 Å². The second kappa shape index (κ2) is 7.56. The fraction of sp³-hybridized carbons (Fsp3) is 0.286. The minimum atomic E-state index is -3.22. The predicted molar refractivity (Wildman–Crippen MR) is 106 cm³/mol. The number of allylic oxidation sites excluding steroid dienone is 1. The molecule has 2 aromatic carbocycles. The molecule has 1 aliphatic rings. The smallest absolute Gasteiger partial charge is 0.246 e. The van der Waals surface area contributed by atoms with E-state index in [9.17, 15) is 13.2 Å². The Hall–Kier alpha value is -2.60. The van der Waals surface area contributed by atoms with E-state index in [4.69, 9.17) is 4.74 Å². The van der Waals surface area contributed by atoms with Crippen molar-refractivity contribution in [1.82, 2.24) is 5.32 Å². The molecule has 0 aromatic heterocycles. The van der Waals surface area contributed by atoms with E-state index in [1.54, 1.807) is 37.3 Å². The molecule has 0 spiro atoms. The summed E-state index contributed by atoms with van der Waals surface area (Å²) in [5.74, 6) is 0.709. The summed E-state index contributed by atoms with van der Waals surface area (Å²) in [6.07, 6.45) is 3.57. The number of ether oxygens (including phenoxy) is 1. The second-order valence-electron chi connectivity index (χ2n) is 6.72. The molecule has 142 valence electrons. The van der Waals surface area contributed by atoms with E-state index in [0.29, 0.717) is 17.0 Å². The number of hydrogen-bond acceptors (Lipinski definition) is 4. The van der Waals surface area contributed by atoms with Crippen molar-refractivity contribution in [3.05, 3.63) is 59.7 Å². The van der Waals surface area contributed by atoms with E-state index in [2.05, 4.69) is 5.32 Å². The van der Waals surface area contributed by atoms with Crippen molar-refractivity contribution < 1.29 is 17.9 Å². The number of para-hydroxylation sites is 1. The molecule has 1 atom stereocenters. The van der Waals surface area contributed by atoms with Crippen LogP contribution in [0.4, 0.5) is 0 Å². The first kappa shape index (κ1) is 19.2. The number of fused-ring (bicyclic) bond motifs is 1. The lowest BCUT2D eigenvalue weighted by atomic mass is 10.0. The minimum absolute atomic E-state index is 0.0892. The van der Waals surface area contributed by atoms with Crippen LogP contribution in [0.1, 0.15) is 19.4 Å². The van der Waals surface area contributed by atoms with Crippen molar-refractivity contribution >= 4 is 15.7 Å². The van der Waals surface area contributed by atoms with Gasteiger partial charge in [-0.2, -0.15) is 0 Å². The monoisotopic (exact) mass is 385 g/mol. The summed E-state index contributed by atoms with van der Waals surface area (Å²) < 4.78 is 29.4. The lowest BCUT2D eigenvalue weighted by Gasteiger charge is -2.14. The van der Waals surface area contributed by atoms with E-state index in [1.807, 2.05) is 25.1 Å². The molecule has 1 aliphatic heterocycles. The number of benzene rings is 2. The van der Waals surface area contributed by atoms with Crippen LogP contribution in [0.5, 0.6) is 5.75 Å². The molecule has 0 saturated carbocycles. The van der Waals surface area contributed by atoms with Crippen molar-refractivity contribution in [2.45, 2.75) is 31.3 Å². The summed E-state index contributed by atoms with van der Waals surface area (Å²) in [4.78, 5) is 12.2. The third-order valence-electron chi connectivity index (χ3n) is 4.70. The molecular weight excluding hydrogens is 362 g/mol. The molecule has 0 unspecified atom stereocenters. The van der Waals surface area contributed by atoms with Crippen molar-refractivity contribution in [2.75, 3.05) is 12.8 Å². The van der Waals surface area contributed by atoms with Crippen LogP contribution in [0.2, 0.25) is 0 Å². The summed E-state index contributed by atoms with van der Waals surface area (Å²) in [6.45, 7) is 4.04. The highest BCUT2D eigenvalue weighted by atomic mass is 32.2. The predicted octanol–water partition coefficient (Wildman–Crippen LogP) is 3.14. The average Bonchev–Trinajstić information content (AvgIpc) is 3.07. The Bertz CT molecular complexity index is 991. The molecule has 0 fully saturated rings. The Morgan fingerprint density at radius 3 is 2.56 bits per heavy atom. The van der Waals surface area contributed by atoms with Gasteiger partial charge in [0, 0.05) is 23.8 Å². The topological polar surface area (TPSA) is 72.5 Å². The molecule has 0 saturated heterocycles. The van der Waals surface area contributed by atoms with Gasteiger partial charge in [0.05, 0.1) is 11.4 Å². The van der Waals surface area contributed by atoms with Crippen LogP contribution in [0.25, 0.3) is 11.1 Å². The summed E-state index contributed by atoms with van der Waals surface area (Å²) in [5, 5.41) is 2.89. The Morgan fingerprint density at radius 1 is 1.22 bits per heavy atom. The number of sulfone groups is 1. The minimum Gasteiger partial charge on any atom is -0.487 e. The highest BCUT2D eigenvalue weighted by Gasteiger charge is 2.26. The fourth-order valence-corrected chi connectivity index (χ4v) is 3.67. The van der Waals surface area contributed by atoms with Gasteiger partial charge in [0.1, 0.15) is 11.9 Å². The number of carbonyl (C=O) groups excluding carboxylic acids is 1. The van der Waals surface area contributed by atoms with Gasteiger partial charge in [-0.15, -0.1) is 0 Å². The SMILES string of the molecule is C/C=C(\C)C(=O)NC[C@@H]1Cc2cccc(-c3ccc(S(C)(=O)=O)cc3)c2O1.